The maximum Gasteiger partial charge on any atom is 0.213 e. The standard InChI is InChI=1S/C22H20N2O3S/c1-13(20(25)16-11-17-5-3-4-8-24(17)12-16)9-15-6-7-18-19(10-15)23-27-22(18)21(26)14(2)28/h3-8,10-14,28H,9H2,1-2H3. The number of benzene rings is 1. The van der Waals surface area contributed by atoms with Gasteiger partial charge in [0.1, 0.15) is 5.52 Å². The lowest BCUT2D eigenvalue weighted by Crippen LogP contribution is -2.13. The molecule has 0 saturated carbocycles. The summed E-state index contributed by atoms with van der Waals surface area (Å²) in [6, 6.07) is 13.4. The van der Waals surface area contributed by atoms with Crippen LogP contribution in [0.15, 0.2) is 59.4 Å². The normalized spacial score (nSPS) is 13.7. The lowest BCUT2D eigenvalue weighted by Gasteiger charge is -2.09. The molecule has 0 bridgehead atoms. The largest absolute Gasteiger partial charge is 0.352 e. The van der Waals surface area contributed by atoms with Crippen molar-refractivity contribution in [1.29, 1.82) is 0 Å². The van der Waals surface area contributed by atoms with Crippen LogP contribution in [0.5, 0.6) is 0 Å². The zero-order chi connectivity index (χ0) is 19.8. The zero-order valence-electron chi connectivity index (χ0n) is 15.6. The number of Topliss-reactive ketones (excluding diaryl/α,β-unsaturated/α-hetero) is 2. The second-order valence-electron chi connectivity index (χ2n) is 7.13. The number of fused-ring (bicyclic) bond motifs is 2. The summed E-state index contributed by atoms with van der Waals surface area (Å²) >= 11 is 4.17. The fraction of sp³-hybridized carbons (Fsp3) is 0.227. The Morgan fingerprint density at radius 3 is 2.71 bits per heavy atom. The van der Waals surface area contributed by atoms with Crippen molar-refractivity contribution in [1.82, 2.24) is 9.56 Å². The summed E-state index contributed by atoms with van der Waals surface area (Å²) in [5.74, 6) is -0.0411. The Kier molecular flexibility index (Phi) is 4.81. The van der Waals surface area contributed by atoms with Gasteiger partial charge >= 0.3 is 0 Å². The molecule has 0 radical (unpaired) electrons. The number of carbonyl (C=O) groups excluding carboxylic acids is 2. The molecule has 0 amide bonds. The Morgan fingerprint density at radius 1 is 1.14 bits per heavy atom. The molecule has 5 nitrogen and oxygen atoms in total. The zero-order valence-corrected chi connectivity index (χ0v) is 16.5. The van der Waals surface area contributed by atoms with Crippen LogP contribution in [0.3, 0.4) is 0 Å². The number of aromatic nitrogens is 2. The third-order valence-corrected chi connectivity index (χ3v) is 5.16. The van der Waals surface area contributed by atoms with Crippen LogP contribution in [0.1, 0.15) is 40.3 Å². The molecule has 1 aromatic carbocycles. The quantitative estimate of drug-likeness (QED) is 0.383. The molecular weight excluding hydrogens is 372 g/mol. The average molecular weight is 392 g/mol. The van der Waals surface area contributed by atoms with E-state index in [-0.39, 0.29) is 23.2 Å². The van der Waals surface area contributed by atoms with Crippen molar-refractivity contribution < 1.29 is 14.1 Å². The Morgan fingerprint density at radius 2 is 1.96 bits per heavy atom. The summed E-state index contributed by atoms with van der Waals surface area (Å²) in [6.45, 7) is 3.63. The molecule has 0 fully saturated rings. The SMILES string of the molecule is CC(S)C(=O)c1onc2cc(CC(C)C(=O)c3cc4ccccn4c3)ccc12. The van der Waals surface area contributed by atoms with E-state index in [9.17, 15) is 9.59 Å². The first kappa shape index (κ1) is 18.5. The molecule has 0 saturated heterocycles. The monoisotopic (exact) mass is 392 g/mol. The molecule has 0 aliphatic rings. The van der Waals surface area contributed by atoms with Crippen LogP contribution >= 0.6 is 12.6 Å². The molecular formula is C22H20N2O3S. The van der Waals surface area contributed by atoms with E-state index in [1.165, 1.54) is 0 Å². The summed E-state index contributed by atoms with van der Waals surface area (Å²) in [6.07, 6.45) is 4.38. The van der Waals surface area contributed by atoms with Crippen LogP contribution in [0.2, 0.25) is 0 Å². The fourth-order valence-electron chi connectivity index (χ4n) is 3.40. The second-order valence-corrected chi connectivity index (χ2v) is 7.91. The van der Waals surface area contributed by atoms with Gasteiger partial charge in [0.25, 0.3) is 0 Å². The van der Waals surface area contributed by atoms with Crippen LogP contribution in [-0.4, -0.2) is 26.4 Å². The average Bonchev–Trinajstić information content (AvgIpc) is 3.30. The van der Waals surface area contributed by atoms with Crippen molar-refractivity contribution in [2.24, 2.45) is 5.92 Å². The summed E-state index contributed by atoms with van der Waals surface area (Å²) < 4.78 is 7.18. The van der Waals surface area contributed by atoms with Gasteiger partial charge in [0.05, 0.1) is 10.6 Å². The van der Waals surface area contributed by atoms with Crippen molar-refractivity contribution in [2.75, 3.05) is 0 Å². The molecule has 3 aromatic heterocycles. The van der Waals surface area contributed by atoms with Crippen LogP contribution in [0.4, 0.5) is 0 Å². The van der Waals surface area contributed by atoms with E-state index in [1.807, 2.05) is 66.2 Å². The molecule has 6 heteroatoms. The molecule has 3 heterocycles. The molecule has 4 aromatic rings. The first-order chi connectivity index (χ1) is 13.4. The number of nitrogens with zero attached hydrogens (tertiary/aromatic N) is 2. The molecule has 2 unspecified atom stereocenters. The molecule has 0 N–H and O–H groups in total. The third kappa shape index (κ3) is 3.36. The van der Waals surface area contributed by atoms with Crippen molar-refractivity contribution in [2.45, 2.75) is 25.5 Å². The van der Waals surface area contributed by atoms with E-state index in [2.05, 4.69) is 17.8 Å². The maximum absolute atomic E-state index is 12.9. The van der Waals surface area contributed by atoms with Crippen molar-refractivity contribution in [3.05, 3.63) is 71.7 Å². The van der Waals surface area contributed by atoms with Gasteiger partial charge in [0, 0.05) is 29.4 Å². The number of hydrogen-bond acceptors (Lipinski definition) is 5. The highest BCUT2D eigenvalue weighted by atomic mass is 32.1. The molecule has 2 atom stereocenters. The Bertz CT molecular complexity index is 1160. The predicted octanol–water partition coefficient (Wildman–Crippen LogP) is 4.64. The van der Waals surface area contributed by atoms with Crippen molar-refractivity contribution >= 4 is 40.6 Å². The van der Waals surface area contributed by atoms with E-state index in [0.717, 1.165) is 11.1 Å². The molecule has 0 spiro atoms. The molecule has 4 rings (SSSR count). The van der Waals surface area contributed by atoms with Gasteiger partial charge in [-0.25, -0.2) is 0 Å². The summed E-state index contributed by atoms with van der Waals surface area (Å²) in [5, 5.41) is 4.22. The van der Waals surface area contributed by atoms with Crippen LogP contribution < -0.4 is 0 Å². The van der Waals surface area contributed by atoms with Gasteiger partial charge in [-0.1, -0.05) is 24.2 Å². The highest BCUT2D eigenvalue weighted by Gasteiger charge is 2.21. The van der Waals surface area contributed by atoms with Gasteiger partial charge < -0.3 is 8.92 Å². The second kappa shape index (κ2) is 7.28. The first-order valence-electron chi connectivity index (χ1n) is 9.15. The molecule has 28 heavy (non-hydrogen) atoms. The van der Waals surface area contributed by atoms with E-state index >= 15 is 0 Å². The molecule has 142 valence electrons. The van der Waals surface area contributed by atoms with Crippen LogP contribution in [-0.2, 0) is 6.42 Å². The Labute approximate surface area is 167 Å². The maximum atomic E-state index is 12.9. The summed E-state index contributed by atoms with van der Waals surface area (Å²) in [4.78, 5) is 25.0. The Balaban J connectivity index is 1.55. The van der Waals surface area contributed by atoms with E-state index in [1.54, 1.807) is 6.92 Å². The lowest BCUT2D eigenvalue weighted by molar-refractivity contribution is 0.0928. The first-order valence-corrected chi connectivity index (χ1v) is 9.67. The van der Waals surface area contributed by atoms with Crippen LogP contribution in [0, 0.1) is 5.92 Å². The Hall–Kier alpha value is -2.86. The smallest absolute Gasteiger partial charge is 0.213 e. The third-order valence-electron chi connectivity index (χ3n) is 4.92. The minimum Gasteiger partial charge on any atom is -0.352 e. The molecule has 0 aliphatic carbocycles. The number of thiol groups is 1. The van der Waals surface area contributed by atoms with E-state index < -0.39 is 5.25 Å². The number of hydrogen-bond donors (Lipinski definition) is 1. The van der Waals surface area contributed by atoms with Gasteiger partial charge in [-0.2, -0.15) is 12.6 Å². The number of ketones is 2. The van der Waals surface area contributed by atoms with Crippen molar-refractivity contribution in [3.8, 4) is 0 Å². The number of carbonyl (C=O) groups is 2. The lowest BCUT2D eigenvalue weighted by atomic mass is 9.93. The van der Waals surface area contributed by atoms with Gasteiger partial charge in [0.15, 0.2) is 5.78 Å². The summed E-state index contributed by atoms with van der Waals surface area (Å²) in [7, 11) is 0. The topological polar surface area (TPSA) is 64.6 Å². The molecule has 0 aliphatic heterocycles. The van der Waals surface area contributed by atoms with Crippen LogP contribution in [0.25, 0.3) is 16.4 Å². The number of pyridine rings is 1. The van der Waals surface area contributed by atoms with Gasteiger partial charge in [0.2, 0.25) is 11.5 Å². The van der Waals surface area contributed by atoms with Gasteiger partial charge in [-0.3, -0.25) is 9.59 Å². The highest BCUT2D eigenvalue weighted by Crippen LogP contribution is 2.24. The number of rotatable bonds is 6. The van der Waals surface area contributed by atoms with Gasteiger partial charge in [-0.05, 0) is 49.2 Å². The minimum absolute atomic E-state index is 0.101. The fourth-order valence-corrected chi connectivity index (χ4v) is 3.52. The summed E-state index contributed by atoms with van der Waals surface area (Å²) in [5.41, 5.74) is 3.29. The van der Waals surface area contributed by atoms with Crippen molar-refractivity contribution in [3.63, 3.8) is 0 Å². The highest BCUT2D eigenvalue weighted by molar-refractivity contribution is 7.81. The van der Waals surface area contributed by atoms with E-state index in [4.69, 9.17) is 4.52 Å². The van der Waals surface area contributed by atoms with E-state index in [0.29, 0.717) is 22.9 Å². The van der Waals surface area contributed by atoms with Gasteiger partial charge in [-0.15, -0.1) is 0 Å². The minimum atomic E-state index is -0.452. The predicted molar refractivity (Wildman–Crippen MR) is 111 cm³/mol.